The van der Waals surface area contributed by atoms with E-state index in [0.717, 1.165) is 0 Å². The molecular formula is C9H11CuNO4S+2. The normalized spacial score (nSPS) is 10.5. The summed E-state index contributed by atoms with van der Waals surface area (Å²) >= 11 is 0. The van der Waals surface area contributed by atoms with E-state index in [1.165, 1.54) is 12.1 Å². The van der Waals surface area contributed by atoms with Crippen molar-refractivity contribution in [2.75, 3.05) is 6.54 Å². The zero-order valence-corrected chi connectivity index (χ0v) is 9.94. The molecule has 1 radical (unpaired) electrons. The fourth-order valence-corrected chi connectivity index (χ4v) is 2.03. The van der Waals surface area contributed by atoms with Gasteiger partial charge < -0.3 is 5.11 Å². The fraction of sp³-hybridized carbons (Fsp3) is 0.222. The van der Waals surface area contributed by atoms with Gasteiger partial charge >= 0.3 is 23.0 Å². The van der Waals surface area contributed by atoms with Crippen LogP contribution in [0, 0.1) is 0 Å². The molecule has 0 unspecified atom stereocenters. The van der Waals surface area contributed by atoms with Gasteiger partial charge in [0.15, 0.2) is 0 Å². The molecule has 0 saturated heterocycles. The van der Waals surface area contributed by atoms with Crippen molar-refractivity contribution in [1.29, 1.82) is 0 Å². The van der Waals surface area contributed by atoms with Crippen LogP contribution in [0.5, 0.6) is 0 Å². The molecule has 0 atom stereocenters. The summed E-state index contributed by atoms with van der Waals surface area (Å²) in [5, 5.41) is 8.35. The van der Waals surface area contributed by atoms with Crippen LogP contribution in [-0.4, -0.2) is 26.0 Å². The minimum Gasteiger partial charge on any atom is -0.481 e. The number of rotatable bonds is 5. The van der Waals surface area contributed by atoms with Crippen LogP contribution in [0.2, 0.25) is 0 Å². The molecular weight excluding hydrogens is 282 g/mol. The van der Waals surface area contributed by atoms with Crippen LogP contribution in [-0.2, 0) is 31.9 Å². The maximum Gasteiger partial charge on any atom is 2.00 e. The molecule has 0 aliphatic rings. The molecule has 0 aliphatic heterocycles. The maximum absolute atomic E-state index is 11.5. The molecule has 2 N–H and O–H groups in total. The number of carbonyl (C=O) groups is 1. The van der Waals surface area contributed by atoms with Crippen LogP contribution < -0.4 is 4.72 Å². The molecule has 1 aromatic rings. The Morgan fingerprint density at radius 2 is 1.81 bits per heavy atom. The zero-order chi connectivity index (χ0) is 11.3. The first-order valence-electron chi connectivity index (χ1n) is 4.29. The van der Waals surface area contributed by atoms with Crippen molar-refractivity contribution >= 4 is 16.0 Å². The van der Waals surface area contributed by atoms with Crippen LogP contribution in [0.4, 0.5) is 0 Å². The van der Waals surface area contributed by atoms with E-state index in [4.69, 9.17) is 5.11 Å². The largest absolute Gasteiger partial charge is 2.00 e. The maximum atomic E-state index is 11.5. The van der Waals surface area contributed by atoms with E-state index in [2.05, 4.69) is 4.72 Å². The van der Waals surface area contributed by atoms with Crippen molar-refractivity contribution in [3.8, 4) is 0 Å². The van der Waals surface area contributed by atoms with Gasteiger partial charge in [-0.15, -0.1) is 0 Å². The van der Waals surface area contributed by atoms with Crippen LogP contribution in [0.25, 0.3) is 0 Å². The van der Waals surface area contributed by atoms with Gasteiger partial charge in [-0.2, -0.15) is 0 Å². The quantitative estimate of drug-likeness (QED) is 0.771. The number of carboxylic acids is 1. The SMILES string of the molecule is O=C(O)CCNS(=O)(=O)c1ccccc1.[Cu+2]. The topological polar surface area (TPSA) is 83.5 Å². The minimum atomic E-state index is -3.57. The van der Waals surface area contributed by atoms with Gasteiger partial charge in [-0.3, -0.25) is 4.79 Å². The molecule has 0 heterocycles. The number of benzene rings is 1. The van der Waals surface area contributed by atoms with Gasteiger partial charge in [0.1, 0.15) is 0 Å². The monoisotopic (exact) mass is 292 g/mol. The molecule has 0 fully saturated rings. The molecule has 0 saturated carbocycles. The van der Waals surface area contributed by atoms with E-state index >= 15 is 0 Å². The number of hydrogen-bond acceptors (Lipinski definition) is 3. The molecule has 0 bridgehead atoms. The van der Waals surface area contributed by atoms with Gasteiger partial charge in [0.05, 0.1) is 11.3 Å². The van der Waals surface area contributed by atoms with Crippen molar-refractivity contribution in [3.05, 3.63) is 30.3 Å². The second kappa shape index (κ2) is 6.65. The van der Waals surface area contributed by atoms with E-state index in [-0.39, 0.29) is 34.9 Å². The van der Waals surface area contributed by atoms with Crippen LogP contribution in [0.15, 0.2) is 35.2 Å². The van der Waals surface area contributed by atoms with Crippen molar-refractivity contribution in [2.45, 2.75) is 11.3 Å². The van der Waals surface area contributed by atoms with Gasteiger partial charge in [-0.1, -0.05) is 18.2 Å². The van der Waals surface area contributed by atoms with Gasteiger partial charge in [0, 0.05) is 6.54 Å². The van der Waals surface area contributed by atoms with Crippen molar-refractivity contribution in [1.82, 2.24) is 4.72 Å². The summed E-state index contributed by atoms with van der Waals surface area (Å²) < 4.78 is 25.2. The molecule has 1 rings (SSSR count). The molecule has 16 heavy (non-hydrogen) atoms. The Morgan fingerprint density at radius 1 is 1.25 bits per heavy atom. The van der Waals surface area contributed by atoms with E-state index in [9.17, 15) is 13.2 Å². The summed E-state index contributed by atoms with van der Waals surface area (Å²) in [7, 11) is -3.57. The molecule has 0 amide bonds. The Labute approximate surface area is 104 Å². The molecule has 0 spiro atoms. The number of hydrogen-bond donors (Lipinski definition) is 2. The van der Waals surface area contributed by atoms with E-state index in [1.807, 2.05) is 0 Å². The molecule has 0 aliphatic carbocycles. The number of carboxylic acid groups (broad SMARTS) is 1. The Kier molecular flexibility index (Phi) is 6.28. The van der Waals surface area contributed by atoms with Crippen molar-refractivity contribution < 1.29 is 35.4 Å². The van der Waals surface area contributed by atoms with Crippen LogP contribution >= 0.6 is 0 Å². The first-order valence-corrected chi connectivity index (χ1v) is 5.77. The first kappa shape index (κ1) is 15.1. The summed E-state index contributed by atoms with van der Waals surface area (Å²) in [6.07, 6.45) is -0.230. The summed E-state index contributed by atoms with van der Waals surface area (Å²) in [6, 6.07) is 7.81. The number of sulfonamides is 1. The predicted molar refractivity (Wildman–Crippen MR) is 53.9 cm³/mol. The smallest absolute Gasteiger partial charge is 0.481 e. The summed E-state index contributed by atoms with van der Waals surface area (Å²) in [6.45, 7) is -0.105. The standard InChI is InChI=1S/C9H11NO4S.Cu/c11-9(12)6-7-10-15(13,14)8-4-2-1-3-5-8;/h1-5,10H,6-7H2,(H,11,12);/q;+2. The third kappa shape index (κ3) is 4.76. The van der Waals surface area contributed by atoms with E-state index < -0.39 is 16.0 Å². The molecule has 91 valence electrons. The fourth-order valence-electron chi connectivity index (χ4n) is 0.975. The van der Waals surface area contributed by atoms with E-state index in [1.54, 1.807) is 18.2 Å². The van der Waals surface area contributed by atoms with Crippen molar-refractivity contribution in [2.24, 2.45) is 0 Å². The molecule has 7 heteroatoms. The average molecular weight is 293 g/mol. The number of nitrogens with one attached hydrogen (secondary N) is 1. The first-order chi connectivity index (χ1) is 7.02. The van der Waals surface area contributed by atoms with Crippen LogP contribution in [0.1, 0.15) is 6.42 Å². The summed E-state index contributed by atoms with van der Waals surface area (Å²) in [5.74, 6) is -1.04. The second-order valence-corrected chi connectivity index (χ2v) is 4.62. The Bertz CT molecular complexity index is 432. The Morgan fingerprint density at radius 3 is 2.31 bits per heavy atom. The molecule has 0 aromatic heterocycles. The Balaban J connectivity index is 0.00000225. The minimum absolute atomic E-state index is 0. The van der Waals surface area contributed by atoms with Crippen LogP contribution in [0.3, 0.4) is 0 Å². The zero-order valence-electron chi connectivity index (χ0n) is 8.18. The van der Waals surface area contributed by atoms with Gasteiger partial charge in [0.2, 0.25) is 10.0 Å². The summed E-state index contributed by atoms with van der Waals surface area (Å²) in [4.78, 5) is 10.3. The summed E-state index contributed by atoms with van der Waals surface area (Å²) in [5.41, 5.74) is 0. The van der Waals surface area contributed by atoms with Gasteiger partial charge in [-0.05, 0) is 12.1 Å². The number of aliphatic carboxylic acids is 1. The molecule has 1 aromatic carbocycles. The van der Waals surface area contributed by atoms with E-state index in [0.29, 0.717) is 0 Å². The second-order valence-electron chi connectivity index (χ2n) is 2.85. The third-order valence-electron chi connectivity index (χ3n) is 1.68. The predicted octanol–water partition coefficient (Wildman–Crippen LogP) is 0.437. The average Bonchev–Trinajstić information content (AvgIpc) is 2.18. The van der Waals surface area contributed by atoms with Gasteiger partial charge in [0.25, 0.3) is 0 Å². The van der Waals surface area contributed by atoms with Gasteiger partial charge in [-0.25, -0.2) is 13.1 Å². The Hall–Kier alpha value is -0.881. The third-order valence-corrected chi connectivity index (χ3v) is 3.16. The molecule has 5 nitrogen and oxygen atoms in total. The van der Waals surface area contributed by atoms with Crippen molar-refractivity contribution in [3.63, 3.8) is 0 Å².